The molecule has 0 aliphatic rings. The molecule has 0 aliphatic heterocycles. The van der Waals surface area contributed by atoms with Crippen LogP contribution in [0, 0.1) is 0 Å². The van der Waals surface area contributed by atoms with Gasteiger partial charge in [0.15, 0.2) is 8.24 Å². The van der Waals surface area contributed by atoms with Crippen molar-refractivity contribution < 1.29 is 18.0 Å². The molecule has 0 heterocycles. The highest BCUT2D eigenvalue weighted by atomic mass is 28.3. The summed E-state index contributed by atoms with van der Waals surface area (Å²) < 4.78 is 37.5. The van der Waals surface area contributed by atoms with Gasteiger partial charge < -0.3 is 4.57 Å². The molecule has 0 radical (unpaired) electrons. The van der Waals surface area contributed by atoms with Crippen LogP contribution in [0.4, 0.5) is 13.2 Å². The van der Waals surface area contributed by atoms with Crippen LogP contribution in [-0.4, -0.2) is 31.9 Å². The predicted molar refractivity (Wildman–Crippen MR) is 56.0 cm³/mol. The maximum absolute atomic E-state index is 12.2. The van der Waals surface area contributed by atoms with E-state index in [1.165, 1.54) is 7.05 Å². The van der Waals surface area contributed by atoms with Gasteiger partial charge in [0.25, 0.3) is 0 Å². The molecular weight excluding hydrogens is 223 g/mol. The maximum atomic E-state index is 12.2. The fourth-order valence-electron chi connectivity index (χ4n) is 1.24. The highest BCUT2D eigenvalue weighted by molar-refractivity contribution is 6.76. The van der Waals surface area contributed by atoms with Gasteiger partial charge in [-0.05, 0) is 6.04 Å². The Labute approximate surface area is 89.5 Å². The lowest BCUT2D eigenvalue weighted by Gasteiger charge is -2.34. The average molecular weight is 241 g/mol. The van der Waals surface area contributed by atoms with E-state index in [9.17, 15) is 18.0 Å². The maximum Gasteiger partial charge on any atom is 0.470 e. The summed E-state index contributed by atoms with van der Waals surface area (Å²) in [7, 11) is -0.975. The van der Waals surface area contributed by atoms with Gasteiger partial charge in [-0.3, -0.25) is 4.79 Å². The summed E-state index contributed by atoms with van der Waals surface area (Å²) in [5.74, 6) is -1.71. The minimum absolute atomic E-state index is 0.710. The molecular formula is C9H18F3NOSi. The van der Waals surface area contributed by atoms with Crippen LogP contribution in [-0.2, 0) is 4.79 Å². The zero-order valence-electron chi connectivity index (χ0n) is 9.61. The predicted octanol–water partition coefficient (Wildman–Crippen LogP) is 3.01. The van der Waals surface area contributed by atoms with Gasteiger partial charge in [-0.15, -0.1) is 0 Å². The third-order valence-corrected chi connectivity index (χ3v) is 6.19. The van der Waals surface area contributed by atoms with Crippen molar-refractivity contribution in [3.8, 4) is 0 Å². The number of carbonyl (C=O) groups is 1. The van der Waals surface area contributed by atoms with E-state index in [-0.39, 0.29) is 0 Å². The van der Waals surface area contributed by atoms with Gasteiger partial charge in [0.2, 0.25) is 0 Å². The molecule has 0 aromatic heterocycles. The first-order valence-electron chi connectivity index (χ1n) is 4.98. The number of nitrogens with zero attached hydrogens (tertiary/aromatic N) is 1. The van der Waals surface area contributed by atoms with Crippen LogP contribution in [0.5, 0.6) is 0 Å². The zero-order valence-corrected chi connectivity index (χ0v) is 10.6. The lowest BCUT2D eigenvalue weighted by Crippen LogP contribution is -2.53. The minimum atomic E-state index is -4.74. The van der Waals surface area contributed by atoms with E-state index >= 15 is 0 Å². The number of amides is 1. The molecule has 0 aromatic rings. The summed E-state index contributed by atoms with van der Waals surface area (Å²) in [6.45, 7) is 5.55. The fourth-order valence-corrected chi connectivity index (χ4v) is 3.47. The second-order valence-corrected chi connectivity index (χ2v) is 9.07. The van der Waals surface area contributed by atoms with E-state index in [0.29, 0.717) is 6.04 Å². The summed E-state index contributed by atoms with van der Waals surface area (Å²) in [5, 5.41) is 0. The molecule has 0 unspecified atom stereocenters. The van der Waals surface area contributed by atoms with E-state index in [1.54, 1.807) is 13.1 Å². The number of hydrogen-bond acceptors (Lipinski definition) is 1. The number of rotatable bonds is 4. The van der Waals surface area contributed by atoms with Gasteiger partial charge in [0.05, 0.1) is 0 Å². The Balaban J connectivity index is 4.54. The Morgan fingerprint density at radius 2 is 1.80 bits per heavy atom. The Morgan fingerprint density at radius 3 is 2.13 bits per heavy atom. The highest BCUT2D eigenvalue weighted by Crippen LogP contribution is 2.24. The van der Waals surface area contributed by atoms with Crippen LogP contribution in [0.2, 0.25) is 19.1 Å². The summed E-state index contributed by atoms with van der Waals surface area (Å²) >= 11 is 0. The normalized spacial score (nSPS) is 12.7. The molecule has 0 aromatic carbocycles. The molecule has 15 heavy (non-hydrogen) atoms. The van der Waals surface area contributed by atoms with E-state index in [0.717, 1.165) is 17.4 Å². The number of carbonyl (C=O) groups excluding carboxylic acids is 1. The topological polar surface area (TPSA) is 20.3 Å². The molecule has 1 amide bonds. The molecule has 90 valence electrons. The first-order chi connectivity index (χ1) is 6.63. The first-order valence-corrected chi connectivity index (χ1v) is 8.13. The number of alkyl halides is 3. The van der Waals surface area contributed by atoms with Crippen LogP contribution >= 0.6 is 0 Å². The Hall–Kier alpha value is -0.523. The van der Waals surface area contributed by atoms with Gasteiger partial charge in [-0.2, -0.15) is 13.2 Å². The molecule has 6 heteroatoms. The SMILES string of the molecule is CCCC[Si](C)(C)N(C)C(=O)C(F)(F)F. The molecule has 0 fully saturated rings. The van der Waals surface area contributed by atoms with Crippen molar-refractivity contribution in [2.45, 2.75) is 45.1 Å². The molecule has 0 saturated carbocycles. The van der Waals surface area contributed by atoms with Crippen molar-refractivity contribution in [2.75, 3.05) is 7.05 Å². The second-order valence-electron chi connectivity index (χ2n) is 4.28. The van der Waals surface area contributed by atoms with Gasteiger partial charge in [0.1, 0.15) is 0 Å². The van der Waals surface area contributed by atoms with Gasteiger partial charge in [-0.1, -0.05) is 32.9 Å². The molecule has 0 atom stereocenters. The quantitative estimate of drug-likeness (QED) is 0.693. The lowest BCUT2D eigenvalue weighted by atomic mass is 10.4. The molecule has 0 N–H and O–H groups in total. The van der Waals surface area contributed by atoms with Crippen molar-refractivity contribution >= 4 is 14.1 Å². The Bertz CT molecular complexity index is 228. The largest absolute Gasteiger partial charge is 0.470 e. The van der Waals surface area contributed by atoms with Gasteiger partial charge >= 0.3 is 12.1 Å². The molecule has 0 aliphatic carbocycles. The lowest BCUT2D eigenvalue weighted by molar-refractivity contribution is -0.179. The zero-order chi connectivity index (χ0) is 12.3. The summed E-state index contributed by atoms with van der Waals surface area (Å²) in [5.41, 5.74) is 0. The number of halogens is 3. The van der Waals surface area contributed by atoms with Crippen LogP contribution in [0.3, 0.4) is 0 Å². The van der Waals surface area contributed by atoms with E-state index in [4.69, 9.17) is 0 Å². The minimum Gasteiger partial charge on any atom is -0.365 e. The molecule has 0 bridgehead atoms. The van der Waals surface area contributed by atoms with Crippen LogP contribution in [0.1, 0.15) is 19.8 Å². The molecule has 0 rings (SSSR count). The van der Waals surface area contributed by atoms with Crippen molar-refractivity contribution in [1.82, 2.24) is 4.57 Å². The second kappa shape index (κ2) is 5.00. The van der Waals surface area contributed by atoms with Crippen molar-refractivity contribution in [3.63, 3.8) is 0 Å². The van der Waals surface area contributed by atoms with Crippen molar-refractivity contribution in [3.05, 3.63) is 0 Å². The van der Waals surface area contributed by atoms with E-state index in [1.807, 2.05) is 6.92 Å². The molecule has 0 saturated heterocycles. The van der Waals surface area contributed by atoms with E-state index < -0.39 is 20.3 Å². The van der Waals surface area contributed by atoms with Crippen LogP contribution in [0.25, 0.3) is 0 Å². The number of hydrogen-bond donors (Lipinski definition) is 0. The van der Waals surface area contributed by atoms with Gasteiger partial charge in [-0.25, -0.2) is 0 Å². The Morgan fingerprint density at radius 1 is 1.33 bits per heavy atom. The molecule has 0 spiro atoms. The fraction of sp³-hybridized carbons (Fsp3) is 0.889. The van der Waals surface area contributed by atoms with Crippen molar-refractivity contribution in [2.24, 2.45) is 0 Å². The van der Waals surface area contributed by atoms with E-state index in [2.05, 4.69) is 0 Å². The standard InChI is InChI=1S/C9H18F3NOSi/c1-5-6-7-15(3,4)13(2)8(14)9(10,11)12/h5-7H2,1-4H3. The van der Waals surface area contributed by atoms with Crippen LogP contribution < -0.4 is 0 Å². The van der Waals surface area contributed by atoms with Crippen molar-refractivity contribution in [1.29, 1.82) is 0 Å². The first kappa shape index (κ1) is 14.5. The number of unbranched alkanes of at least 4 members (excludes halogenated alkanes) is 1. The smallest absolute Gasteiger partial charge is 0.365 e. The van der Waals surface area contributed by atoms with Gasteiger partial charge in [0, 0.05) is 7.05 Å². The monoisotopic (exact) mass is 241 g/mol. The summed E-state index contributed by atoms with van der Waals surface area (Å²) in [6.07, 6.45) is -2.94. The summed E-state index contributed by atoms with van der Waals surface area (Å²) in [6, 6.07) is 0.710. The highest BCUT2D eigenvalue weighted by Gasteiger charge is 2.45. The third-order valence-electron chi connectivity index (χ3n) is 2.60. The average Bonchev–Trinajstić information content (AvgIpc) is 2.10. The van der Waals surface area contributed by atoms with Crippen LogP contribution in [0.15, 0.2) is 0 Å². The summed E-state index contributed by atoms with van der Waals surface area (Å²) in [4.78, 5) is 11.0. The third kappa shape index (κ3) is 4.23. The Kier molecular flexibility index (Phi) is 4.83. The molecule has 2 nitrogen and oxygen atoms in total.